The van der Waals surface area contributed by atoms with Gasteiger partial charge in [-0.2, -0.15) is 5.26 Å². The van der Waals surface area contributed by atoms with Gasteiger partial charge in [-0.15, -0.1) is 0 Å². The van der Waals surface area contributed by atoms with Crippen molar-refractivity contribution < 1.29 is 0 Å². The Bertz CT molecular complexity index is 365. The lowest BCUT2D eigenvalue weighted by Crippen LogP contribution is -2.29. The lowest BCUT2D eigenvalue weighted by atomic mass is 10.2. The highest BCUT2D eigenvalue weighted by molar-refractivity contribution is 6.29. The first-order valence-corrected chi connectivity index (χ1v) is 4.95. The zero-order chi connectivity index (χ0) is 11.4. The molecule has 1 aromatic heterocycles. The van der Waals surface area contributed by atoms with E-state index in [2.05, 4.69) is 11.1 Å². The summed E-state index contributed by atoms with van der Waals surface area (Å²) in [7, 11) is 1.86. The van der Waals surface area contributed by atoms with Crippen molar-refractivity contribution in [2.45, 2.75) is 19.4 Å². The molecule has 4 nitrogen and oxygen atoms in total. The van der Waals surface area contributed by atoms with E-state index in [1.54, 1.807) is 12.1 Å². The minimum Gasteiger partial charge on any atom is -0.399 e. The standard InChI is InChI=1S/C10H13ClN4/c1-7(3-4-12)15(2)10-6-8(13)5-9(11)14-10/h5-7H,3H2,1-2H3,(H2,13,14). The molecule has 1 heterocycles. The van der Waals surface area contributed by atoms with Crippen LogP contribution in [-0.4, -0.2) is 18.1 Å². The number of nitrogens with zero attached hydrogens (tertiary/aromatic N) is 3. The summed E-state index contributed by atoms with van der Waals surface area (Å²) in [5.74, 6) is 0.683. The van der Waals surface area contributed by atoms with Crippen LogP contribution in [0.4, 0.5) is 11.5 Å². The number of hydrogen-bond donors (Lipinski definition) is 1. The molecular formula is C10H13ClN4. The highest BCUT2D eigenvalue weighted by Gasteiger charge is 2.11. The van der Waals surface area contributed by atoms with Gasteiger partial charge in [0.1, 0.15) is 11.0 Å². The molecule has 0 saturated heterocycles. The van der Waals surface area contributed by atoms with Crippen molar-refractivity contribution in [1.82, 2.24) is 4.98 Å². The van der Waals surface area contributed by atoms with Crippen molar-refractivity contribution >= 4 is 23.1 Å². The van der Waals surface area contributed by atoms with E-state index in [1.165, 1.54) is 0 Å². The fourth-order valence-electron chi connectivity index (χ4n) is 1.18. The third kappa shape index (κ3) is 3.00. The largest absolute Gasteiger partial charge is 0.399 e. The van der Waals surface area contributed by atoms with Crippen molar-refractivity contribution in [1.29, 1.82) is 5.26 Å². The summed E-state index contributed by atoms with van der Waals surface area (Å²) >= 11 is 5.79. The Kier molecular flexibility index (Phi) is 3.75. The van der Waals surface area contributed by atoms with Crippen LogP contribution in [0.3, 0.4) is 0 Å². The van der Waals surface area contributed by atoms with Crippen LogP contribution < -0.4 is 10.6 Å². The lowest BCUT2D eigenvalue weighted by Gasteiger charge is -2.24. The van der Waals surface area contributed by atoms with Crippen LogP contribution in [0.5, 0.6) is 0 Å². The Morgan fingerprint density at radius 3 is 2.87 bits per heavy atom. The van der Waals surface area contributed by atoms with Gasteiger partial charge in [-0.25, -0.2) is 4.98 Å². The summed E-state index contributed by atoms with van der Waals surface area (Å²) in [5, 5.41) is 8.96. The zero-order valence-corrected chi connectivity index (χ0v) is 9.49. The molecule has 0 spiro atoms. The molecular weight excluding hydrogens is 212 g/mol. The lowest BCUT2D eigenvalue weighted by molar-refractivity contribution is 0.694. The molecule has 80 valence electrons. The molecule has 2 N–H and O–H groups in total. The average molecular weight is 225 g/mol. The normalized spacial score (nSPS) is 11.9. The van der Waals surface area contributed by atoms with Gasteiger partial charge in [0, 0.05) is 24.8 Å². The zero-order valence-electron chi connectivity index (χ0n) is 8.74. The van der Waals surface area contributed by atoms with E-state index in [0.29, 0.717) is 23.1 Å². The van der Waals surface area contributed by atoms with Gasteiger partial charge in [0.05, 0.1) is 12.5 Å². The molecule has 0 aliphatic heterocycles. The number of nitrogens with two attached hydrogens (primary N) is 1. The maximum atomic E-state index is 8.59. The van der Waals surface area contributed by atoms with E-state index in [9.17, 15) is 0 Å². The number of nitriles is 1. The van der Waals surface area contributed by atoms with Crippen LogP contribution in [0, 0.1) is 11.3 Å². The molecule has 0 aliphatic carbocycles. The van der Waals surface area contributed by atoms with Gasteiger partial charge in [0.15, 0.2) is 0 Å². The van der Waals surface area contributed by atoms with Crippen molar-refractivity contribution in [2.24, 2.45) is 0 Å². The fraction of sp³-hybridized carbons (Fsp3) is 0.400. The second-order valence-corrected chi connectivity index (χ2v) is 3.79. The Labute approximate surface area is 94.3 Å². The second-order valence-electron chi connectivity index (χ2n) is 3.40. The Morgan fingerprint density at radius 2 is 2.33 bits per heavy atom. The topological polar surface area (TPSA) is 65.9 Å². The molecule has 0 aliphatic rings. The maximum Gasteiger partial charge on any atom is 0.133 e. The van der Waals surface area contributed by atoms with E-state index in [0.717, 1.165) is 0 Å². The molecule has 1 rings (SSSR count). The summed E-state index contributed by atoms with van der Waals surface area (Å²) in [4.78, 5) is 6.02. The molecule has 0 amide bonds. The molecule has 1 aromatic rings. The molecule has 0 fully saturated rings. The molecule has 0 saturated carbocycles. The third-order valence-electron chi connectivity index (χ3n) is 2.21. The first kappa shape index (κ1) is 11.6. The molecule has 1 unspecified atom stereocenters. The molecule has 0 bridgehead atoms. The minimum absolute atomic E-state index is 0.0837. The number of anilines is 2. The van der Waals surface area contributed by atoms with E-state index in [4.69, 9.17) is 22.6 Å². The minimum atomic E-state index is 0.0837. The molecule has 1 atom stereocenters. The smallest absolute Gasteiger partial charge is 0.133 e. The number of hydrogen-bond acceptors (Lipinski definition) is 4. The van der Waals surface area contributed by atoms with Gasteiger partial charge < -0.3 is 10.6 Å². The van der Waals surface area contributed by atoms with E-state index in [1.807, 2.05) is 18.9 Å². The van der Waals surface area contributed by atoms with Crippen LogP contribution in [0.2, 0.25) is 5.15 Å². The summed E-state index contributed by atoms with van der Waals surface area (Å²) in [5.41, 5.74) is 6.23. The number of aromatic nitrogens is 1. The summed E-state index contributed by atoms with van der Waals surface area (Å²) in [6.45, 7) is 1.95. The van der Waals surface area contributed by atoms with Crippen molar-refractivity contribution in [2.75, 3.05) is 17.7 Å². The van der Waals surface area contributed by atoms with Gasteiger partial charge in [-0.05, 0) is 13.0 Å². The highest BCUT2D eigenvalue weighted by atomic mass is 35.5. The molecule has 0 aromatic carbocycles. The maximum absolute atomic E-state index is 8.59. The van der Waals surface area contributed by atoms with Crippen LogP contribution in [0.1, 0.15) is 13.3 Å². The number of pyridine rings is 1. The summed E-state index contributed by atoms with van der Waals surface area (Å²) in [6.07, 6.45) is 0.435. The van der Waals surface area contributed by atoms with Gasteiger partial charge in [-0.3, -0.25) is 0 Å². The van der Waals surface area contributed by atoms with Crippen molar-refractivity contribution in [3.63, 3.8) is 0 Å². The van der Waals surface area contributed by atoms with Crippen LogP contribution in [0.15, 0.2) is 12.1 Å². The van der Waals surface area contributed by atoms with Gasteiger partial charge >= 0.3 is 0 Å². The van der Waals surface area contributed by atoms with E-state index >= 15 is 0 Å². The van der Waals surface area contributed by atoms with Crippen molar-refractivity contribution in [3.05, 3.63) is 17.3 Å². The fourth-order valence-corrected chi connectivity index (χ4v) is 1.39. The predicted molar refractivity (Wildman–Crippen MR) is 61.8 cm³/mol. The highest BCUT2D eigenvalue weighted by Crippen LogP contribution is 2.20. The first-order valence-electron chi connectivity index (χ1n) is 4.57. The average Bonchev–Trinajstić information content (AvgIpc) is 2.15. The molecule has 0 radical (unpaired) electrons. The third-order valence-corrected chi connectivity index (χ3v) is 2.41. The van der Waals surface area contributed by atoms with E-state index in [-0.39, 0.29) is 6.04 Å². The summed E-state index contributed by atoms with van der Waals surface area (Å²) < 4.78 is 0. The Morgan fingerprint density at radius 1 is 1.67 bits per heavy atom. The number of nitrogen functional groups attached to an aromatic ring is 1. The van der Waals surface area contributed by atoms with Gasteiger partial charge in [0.25, 0.3) is 0 Å². The SMILES string of the molecule is CC(CC#N)N(C)c1cc(N)cc(Cl)n1. The number of rotatable bonds is 3. The second kappa shape index (κ2) is 4.85. The first-order chi connectivity index (χ1) is 7.04. The van der Waals surface area contributed by atoms with Gasteiger partial charge in [-0.1, -0.05) is 11.6 Å². The molecule has 15 heavy (non-hydrogen) atoms. The quantitative estimate of drug-likeness (QED) is 0.799. The number of halogens is 1. The molecule has 5 heteroatoms. The van der Waals surface area contributed by atoms with E-state index < -0.39 is 0 Å². The Balaban J connectivity index is 2.91. The van der Waals surface area contributed by atoms with Crippen LogP contribution in [0.25, 0.3) is 0 Å². The summed E-state index contributed by atoms with van der Waals surface area (Å²) in [6, 6.07) is 5.52. The van der Waals surface area contributed by atoms with Crippen molar-refractivity contribution in [3.8, 4) is 6.07 Å². The van der Waals surface area contributed by atoms with Crippen LogP contribution in [-0.2, 0) is 0 Å². The predicted octanol–water partition coefficient (Wildman–Crippen LogP) is 2.06. The van der Waals surface area contributed by atoms with Gasteiger partial charge in [0.2, 0.25) is 0 Å². The monoisotopic (exact) mass is 224 g/mol. The van der Waals surface area contributed by atoms with Crippen LogP contribution >= 0.6 is 11.6 Å². The Hall–Kier alpha value is -1.47.